The maximum Gasteiger partial charge on any atom is 0.232 e. The first kappa shape index (κ1) is 13.8. The number of nitrogens with zero attached hydrogens (tertiary/aromatic N) is 1. The Morgan fingerprint density at radius 3 is 2.35 bits per heavy atom. The van der Waals surface area contributed by atoms with Crippen LogP contribution in [0.4, 0.5) is 11.5 Å². The topological polar surface area (TPSA) is 71.1 Å². The highest BCUT2D eigenvalue weighted by Crippen LogP contribution is 2.15. The Morgan fingerprint density at radius 1 is 1.29 bits per heavy atom. The molecule has 0 aliphatic carbocycles. The molecule has 0 atom stereocenters. The summed E-state index contributed by atoms with van der Waals surface area (Å²) in [6.45, 7) is 7.68. The van der Waals surface area contributed by atoms with Crippen LogP contribution in [0.25, 0.3) is 0 Å². The summed E-state index contributed by atoms with van der Waals surface area (Å²) in [4.78, 5) is 4.14. The molecule has 0 saturated carbocycles. The summed E-state index contributed by atoms with van der Waals surface area (Å²) in [6.07, 6.45) is 1.50. The normalized spacial score (nSPS) is 12.2. The number of hydrogen-bond donors (Lipinski definition) is 2. The van der Waals surface area contributed by atoms with Crippen LogP contribution in [0.3, 0.4) is 0 Å². The van der Waals surface area contributed by atoms with Crippen molar-refractivity contribution in [1.29, 1.82) is 0 Å². The molecule has 0 bridgehead atoms. The van der Waals surface area contributed by atoms with E-state index in [0.29, 0.717) is 5.69 Å². The summed E-state index contributed by atoms with van der Waals surface area (Å²) < 4.78 is 25.1. The minimum atomic E-state index is -3.23. The van der Waals surface area contributed by atoms with Crippen LogP contribution in [0.15, 0.2) is 18.3 Å². The average Bonchev–Trinajstić information content (AvgIpc) is 2.19. The summed E-state index contributed by atoms with van der Waals surface area (Å²) >= 11 is 0. The van der Waals surface area contributed by atoms with Gasteiger partial charge in [0, 0.05) is 5.54 Å². The van der Waals surface area contributed by atoms with Gasteiger partial charge in [-0.1, -0.05) is 0 Å². The maximum absolute atomic E-state index is 11.3. The fourth-order valence-electron chi connectivity index (χ4n) is 1.16. The van der Waals surface area contributed by atoms with Crippen LogP contribution in [0.1, 0.15) is 27.7 Å². The predicted octanol–water partition coefficient (Wildman–Crippen LogP) is 2.05. The third-order valence-corrected chi connectivity index (χ3v) is 3.23. The van der Waals surface area contributed by atoms with Gasteiger partial charge in [-0.25, -0.2) is 13.4 Å². The number of sulfonamides is 1. The lowest BCUT2D eigenvalue weighted by molar-refractivity contribution is 0.602. The van der Waals surface area contributed by atoms with Gasteiger partial charge in [-0.15, -0.1) is 0 Å². The minimum absolute atomic E-state index is 0.0506. The molecule has 0 fully saturated rings. The third kappa shape index (κ3) is 5.04. The second-order valence-electron chi connectivity index (χ2n) is 4.81. The number of hydrogen-bond acceptors (Lipinski definition) is 4. The second-order valence-corrected chi connectivity index (χ2v) is 6.82. The number of rotatable bonds is 4. The molecule has 0 aliphatic heterocycles. The fraction of sp³-hybridized carbons (Fsp3) is 0.545. The molecule has 1 aromatic rings. The lowest BCUT2D eigenvalue weighted by Gasteiger charge is -2.21. The fourth-order valence-corrected chi connectivity index (χ4v) is 1.79. The van der Waals surface area contributed by atoms with Crippen LogP contribution in [0.5, 0.6) is 0 Å². The number of nitrogens with one attached hydrogen (secondary N) is 2. The zero-order valence-electron chi connectivity index (χ0n) is 10.6. The van der Waals surface area contributed by atoms with Gasteiger partial charge in [-0.2, -0.15) is 0 Å². The Kier molecular flexibility index (Phi) is 3.98. The van der Waals surface area contributed by atoms with E-state index in [-0.39, 0.29) is 11.3 Å². The van der Waals surface area contributed by atoms with Crippen LogP contribution >= 0.6 is 0 Å². The molecule has 6 heteroatoms. The monoisotopic (exact) mass is 257 g/mol. The van der Waals surface area contributed by atoms with Gasteiger partial charge in [0.25, 0.3) is 0 Å². The summed E-state index contributed by atoms with van der Waals surface area (Å²) in [5.41, 5.74) is 0.406. The number of aromatic nitrogens is 1. The third-order valence-electron chi connectivity index (χ3n) is 1.92. The molecule has 0 amide bonds. The molecule has 0 aliphatic rings. The van der Waals surface area contributed by atoms with Crippen molar-refractivity contribution in [1.82, 2.24) is 4.98 Å². The Bertz CT molecular complexity index is 460. The lowest BCUT2D eigenvalue weighted by atomic mass is 10.1. The van der Waals surface area contributed by atoms with Crippen LogP contribution in [0.2, 0.25) is 0 Å². The quantitative estimate of drug-likeness (QED) is 0.866. The first-order valence-electron chi connectivity index (χ1n) is 5.46. The zero-order chi connectivity index (χ0) is 13.1. The largest absolute Gasteiger partial charge is 0.365 e. The van der Waals surface area contributed by atoms with Crippen LogP contribution in [0, 0.1) is 0 Å². The van der Waals surface area contributed by atoms with E-state index in [4.69, 9.17) is 0 Å². The van der Waals surface area contributed by atoms with Crippen molar-refractivity contribution in [2.75, 3.05) is 15.8 Å². The molecule has 0 radical (unpaired) electrons. The molecule has 1 rings (SSSR count). The highest BCUT2D eigenvalue weighted by atomic mass is 32.2. The van der Waals surface area contributed by atoms with Crippen LogP contribution in [-0.2, 0) is 10.0 Å². The Hall–Kier alpha value is -1.30. The SMILES string of the molecule is CCS(=O)(=O)Nc1ccc(NC(C)(C)C)nc1. The standard InChI is InChI=1S/C11H19N3O2S/c1-5-17(15,16)14-9-6-7-10(12-8-9)13-11(2,3)4/h6-8,14H,5H2,1-4H3,(H,12,13). The van der Waals surface area contributed by atoms with E-state index >= 15 is 0 Å². The van der Waals surface area contributed by atoms with Crippen molar-refractivity contribution in [3.8, 4) is 0 Å². The zero-order valence-corrected chi connectivity index (χ0v) is 11.4. The molecule has 1 aromatic heterocycles. The van der Waals surface area contributed by atoms with Crippen molar-refractivity contribution in [2.45, 2.75) is 33.2 Å². The summed E-state index contributed by atoms with van der Waals surface area (Å²) in [6, 6.07) is 3.44. The van der Waals surface area contributed by atoms with Gasteiger partial charge in [0.05, 0.1) is 17.6 Å². The van der Waals surface area contributed by atoms with Gasteiger partial charge in [0.15, 0.2) is 0 Å². The maximum atomic E-state index is 11.3. The van der Waals surface area contributed by atoms with Crippen molar-refractivity contribution in [3.63, 3.8) is 0 Å². The van der Waals surface area contributed by atoms with Gasteiger partial charge in [-0.05, 0) is 39.8 Å². The van der Waals surface area contributed by atoms with Crippen molar-refractivity contribution >= 4 is 21.5 Å². The Labute approximate surface area is 103 Å². The van der Waals surface area contributed by atoms with E-state index in [1.54, 1.807) is 19.1 Å². The highest BCUT2D eigenvalue weighted by Gasteiger charge is 2.10. The molecular weight excluding hydrogens is 238 g/mol. The molecule has 17 heavy (non-hydrogen) atoms. The predicted molar refractivity (Wildman–Crippen MR) is 70.7 cm³/mol. The van der Waals surface area contributed by atoms with Gasteiger partial charge >= 0.3 is 0 Å². The van der Waals surface area contributed by atoms with Crippen LogP contribution in [-0.4, -0.2) is 24.7 Å². The minimum Gasteiger partial charge on any atom is -0.365 e. The van der Waals surface area contributed by atoms with Gasteiger partial charge in [0.1, 0.15) is 5.82 Å². The first-order chi connectivity index (χ1) is 7.72. The molecule has 0 unspecified atom stereocenters. The van der Waals surface area contributed by atoms with E-state index in [0.717, 1.165) is 5.82 Å². The van der Waals surface area contributed by atoms with Gasteiger partial charge in [-0.3, -0.25) is 4.72 Å². The van der Waals surface area contributed by atoms with Crippen molar-refractivity contribution < 1.29 is 8.42 Å². The number of anilines is 2. The Morgan fingerprint density at radius 2 is 1.94 bits per heavy atom. The van der Waals surface area contributed by atoms with Gasteiger partial charge < -0.3 is 5.32 Å². The number of pyridine rings is 1. The average molecular weight is 257 g/mol. The smallest absolute Gasteiger partial charge is 0.232 e. The van der Waals surface area contributed by atoms with E-state index in [1.165, 1.54) is 6.20 Å². The molecule has 2 N–H and O–H groups in total. The summed E-state index contributed by atoms with van der Waals surface area (Å²) in [7, 11) is -3.23. The first-order valence-corrected chi connectivity index (χ1v) is 7.12. The summed E-state index contributed by atoms with van der Waals surface area (Å²) in [5.74, 6) is 0.770. The second kappa shape index (κ2) is 4.91. The van der Waals surface area contributed by atoms with E-state index in [2.05, 4.69) is 15.0 Å². The van der Waals surface area contributed by atoms with E-state index in [9.17, 15) is 8.42 Å². The van der Waals surface area contributed by atoms with Gasteiger partial charge in [0.2, 0.25) is 10.0 Å². The molecule has 5 nitrogen and oxygen atoms in total. The Balaban J connectivity index is 2.76. The van der Waals surface area contributed by atoms with Crippen molar-refractivity contribution in [3.05, 3.63) is 18.3 Å². The molecule has 0 spiro atoms. The highest BCUT2D eigenvalue weighted by molar-refractivity contribution is 7.92. The van der Waals surface area contributed by atoms with Crippen LogP contribution < -0.4 is 10.0 Å². The van der Waals surface area contributed by atoms with E-state index in [1.807, 2.05) is 20.8 Å². The molecule has 1 heterocycles. The van der Waals surface area contributed by atoms with Crippen molar-refractivity contribution in [2.24, 2.45) is 0 Å². The molecular formula is C11H19N3O2S. The molecule has 96 valence electrons. The molecule has 0 aromatic carbocycles. The lowest BCUT2D eigenvalue weighted by Crippen LogP contribution is -2.26. The molecule has 0 saturated heterocycles. The van der Waals surface area contributed by atoms with E-state index < -0.39 is 10.0 Å². The summed E-state index contributed by atoms with van der Waals surface area (Å²) in [5, 5.41) is 3.20.